The lowest BCUT2D eigenvalue weighted by Gasteiger charge is -2.46. The molecular weight excluding hydrogens is 520 g/mol. The van der Waals surface area contributed by atoms with E-state index in [0.717, 1.165) is 0 Å². The average molecular weight is 549 g/mol. The van der Waals surface area contributed by atoms with Gasteiger partial charge in [-0.25, -0.2) is 9.59 Å². The number of nitro benzene ring substituents is 1. The van der Waals surface area contributed by atoms with Crippen LogP contribution in [-0.4, -0.2) is 97.8 Å². The Morgan fingerprint density at radius 2 is 1.87 bits per heavy atom. The number of carbonyl (C=O) groups is 4. The van der Waals surface area contributed by atoms with Gasteiger partial charge in [0.05, 0.1) is 23.0 Å². The lowest BCUT2D eigenvalue weighted by atomic mass is 9.79. The Hall–Kier alpha value is -3.65. The van der Waals surface area contributed by atoms with Crippen LogP contribution in [0.5, 0.6) is 5.75 Å². The number of carboxylic acids is 1. The van der Waals surface area contributed by atoms with Crippen molar-refractivity contribution in [1.29, 1.82) is 0 Å². The molecule has 0 spiro atoms. The molecule has 4 rings (SSSR count). The van der Waals surface area contributed by atoms with Crippen LogP contribution in [0.15, 0.2) is 34.9 Å². The van der Waals surface area contributed by atoms with E-state index in [4.69, 9.17) is 4.74 Å². The van der Waals surface area contributed by atoms with Gasteiger partial charge in [-0.2, -0.15) is 0 Å². The summed E-state index contributed by atoms with van der Waals surface area (Å²) in [6.45, 7) is 3.37. The van der Waals surface area contributed by atoms with Crippen molar-refractivity contribution in [2.45, 2.75) is 43.7 Å². The van der Waals surface area contributed by atoms with Crippen LogP contribution >= 0.6 is 11.8 Å². The number of benzene rings is 1. The van der Waals surface area contributed by atoms with E-state index in [2.05, 4.69) is 0 Å². The van der Waals surface area contributed by atoms with Crippen LogP contribution in [-0.2, 0) is 14.4 Å². The SMILES string of the molecule is C[C@@H](O)[C@H]1C(=O)N2C(C(=O)O)=C(S[C@H]3C[C@@H](C(=O)N(C)C)N(C(=O)Oc4ccc([N+](=O)[O-])cc4)C3)[C@H](C)[C@H]12. The number of aliphatic hydroxyl groups is 1. The molecule has 2 saturated heterocycles. The fourth-order valence-electron chi connectivity index (χ4n) is 5.27. The Morgan fingerprint density at radius 1 is 1.24 bits per heavy atom. The van der Waals surface area contributed by atoms with Crippen LogP contribution in [0.3, 0.4) is 0 Å². The first-order chi connectivity index (χ1) is 17.8. The maximum absolute atomic E-state index is 13.1. The van der Waals surface area contributed by atoms with Gasteiger partial charge in [0.2, 0.25) is 11.8 Å². The number of hydrogen-bond donors (Lipinski definition) is 2. The first kappa shape index (κ1) is 27.4. The lowest BCUT2D eigenvalue weighted by molar-refractivity contribution is -0.384. The van der Waals surface area contributed by atoms with E-state index in [0.29, 0.717) is 4.91 Å². The Bertz CT molecular complexity index is 1220. The summed E-state index contributed by atoms with van der Waals surface area (Å²) in [4.78, 5) is 65.4. The number of ether oxygens (including phenoxy) is 1. The Kier molecular flexibility index (Phi) is 7.39. The molecule has 0 radical (unpaired) electrons. The Labute approximate surface area is 222 Å². The minimum Gasteiger partial charge on any atom is -0.477 e. The minimum atomic E-state index is -1.26. The zero-order chi connectivity index (χ0) is 28.0. The maximum Gasteiger partial charge on any atom is 0.415 e. The summed E-state index contributed by atoms with van der Waals surface area (Å²) in [7, 11) is 3.11. The molecule has 13 nitrogen and oxygen atoms in total. The van der Waals surface area contributed by atoms with Gasteiger partial charge in [0.15, 0.2) is 0 Å². The lowest BCUT2D eigenvalue weighted by Crippen LogP contribution is -2.63. The Balaban J connectivity index is 1.55. The third-order valence-corrected chi connectivity index (χ3v) is 8.57. The summed E-state index contributed by atoms with van der Waals surface area (Å²) in [5, 5.41) is 30.5. The van der Waals surface area contributed by atoms with Crippen molar-refractivity contribution in [3.05, 3.63) is 45.0 Å². The second-order valence-electron chi connectivity index (χ2n) is 9.77. The molecule has 2 N–H and O–H groups in total. The van der Waals surface area contributed by atoms with Gasteiger partial charge >= 0.3 is 12.1 Å². The Morgan fingerprint density at radius 3 is 2.39 bits per heavy atom. The number of carbonyl (C=O) groups excluding carboxylic acids is 3. The number of likely N-dealkylation sites (tertiary alicyclic amines) is 1. The molecule has 204 valence electrons. The van der Waals surface area contributed by atoms with E-state index >= 15 is 0 Å². The first-order valence-electron chi connectivity index (χ1n) is 11.9. The predicted molar refractivity (Wildman–Crippen MR) is 134 cm³/mol. The summed E-state index contributed by atoms with van der Waals surface area (Å²) in [6, 6.07) is 3.61. The third kappa shape index (κ3) is 4.69. The molecule has 38 heavy (non-hydrogen) atoms. The van der Waals surface area contributed by atoms with Crippen molar-refractivity contribution >= 4 is 41.3 Å². The number of nitrogens with zero attached hydrogens (tertiary/aromatic N) is 4. The summed E-state index contributed by atoms with van der Waals surface area (Å²) >= 11 is 1.22. The van der Waals surface area contributed by atoms with Crippen LogP contribution in [0.1, 0.15) is 20.3 Å². The predicted octanol–water partition coefficient (Wildman–Crippen LogP) is 1.51. The molecule has 1 aromatic rings. The first-order valence-corrected chi connectivity index (χ1v) is 12.8. The van der Waals surface area contributed by atoms with Crippen molar-refractivity contribution in [2.24, 2.45) is 11.8 Å². The van der Waals surface area contributed by atoms with E-state index < -0.39 is 47.0 Å². The highest BCUT2D eigenvalue weighted by Gasteiger charge is 2.60. The van der Waals surface area contributed by atoms with Crippen molar-refractivity contribution < 1.29 is 39.1 Å². The van der Waals surface area contributed by atoms with E-state index in [1.807, 2.05) is 0 Å². The highest BCUT2D eigenvalue weighted by molar-refractivity contribution is 8.03. The number of thioether (sulfide) groups is 1. The van der Waals surface area contributed by atoms with Gasteiger partial charge in [-0.1, -0.05) is 6.92 Å². The zero-order valence-corrected chi connectivity index (χ0v) is 22.0. The van der Waals surface area contributed by atoms with Crippen molar-refractivity contribution in [2.75, 3.05) is 20.6 Å². The number of carboxylic acid groups (broad SMARTS) is 1. The molecule has 3 amide bonds. The molecule has 1 aromatic carbocycles. The molecule has 6 atom stereocenters. The van der Waals surface area contributed by atoms with Gasteiger partial charge in [0.25, 0.3) is 5.69 Å². The number of fused-ring (bicyclic) bond motifs is 1. The van der Waals surface area contributed by atoms with E-state index in [-0.39, 0.29) is 47.2 Å². The smallest absolute Gasteiger partial charge is 0.415 e. The number of nitro groups is 1. The fraction of sp³-hybridized carbons (Fsp3) is 0.500. The molecule has 3 aliphatic rings. The van der Waals surface area contributed by atoms with Crippen molar-refractivity contribution in [1.82, 2.24) is 14.7 Å². The summed E-state index contributed by atoms with van der Waals surface area (Å²) in [6.07, 6.45) is -1.52. The van der Waals surface area contributed by atoms with Crippen LogP contribution in [0.2, 0.25) is 0 Å². The molecule has 3 heterocycles. The molecule has 0 unspecified atom stereocenters. The highest BCUT2D eigenvalue weighted by Crippen LogP contribution is 2.52. The molecule has 0 saturated carbocycles. The number of hydrogen-bond acceptors (Lipinski definition) is 9. The number of aliphatic hydroxyl groups excluding tert-OH is 1. The van der Waals surface area contributed by atoms with E-state index in [1.165, 1.54) is 57.7 Å². The van der Waals surface area contributed by atoms with Crippen LogP contribution in [0, 0.1) is 22.0 Å². The molecule has 0 aliphatic carbocycles. The molecule has 0 aromatic heterocycles. The second kappa shape index (κ2) is 10.3. The maximum atomic E-state index is 13.1. The van der Waals surface area contributed by atoms with Crippen molar-refractivity contribution in [3.8, 4) is 5.75 Å². The minimum absolute atomic E-state index is 0.0695. The zero-order valence-electron chi connectivity index (χ0n) is 21.1. The van der Waals surface area contributed by atoms with Gasteiger partial charge in [-0.05, 0) is 25.5 Å². The van der Waals surface area contributed by atoms with Crippen LogP contribution in [0.4, 0.5) is 10.5 Å². The topological polar surface area (TPSA) is 171 Å². The number of likely N-dealkylation sites (N-methyl/N-ethyl adjacent to an activating group) is 1. The molecule has 3 aliphatic heterocycles. The largest absolute Gasteiger partial charge is 0.477 e. The fourth-order valence-corrected chi connectivity index (χ4v) is 6.79. The normalized spacial score (nSPS) is 27.1. The number of β-lactam (4-membered cyclic amide) rings is 1. The summed E-state index contributed by atoms with van der Waals surface area (Å²) < 4.78 is 5.39. The standard InChI is InChI=1S/C24H28N4O9S/c1-11-18-17(12(2)29)22(31)27(18)19(23(32)33)20(11)38-15-9-16(21(30)25(3)4)26(10-15)24(34)37-14-7-5-13(6-8-14)28(35)36/h5-8,11-12,15-18,29H,9-10H2,1-4H3,(H,32,33)/t11-,12-,15+,16+,17-,18-/m1/s1. The van der Waals surface area contributed by atoms with Gasteiger partial charge in [-0.15, -0.1) is 11.8 Å². The quantitative estimate of drug-likeness (QED) is 0.289. The number of rotatable bonds is 7. The van der Waals surface area contributed by atoms with Crippen LogP contribution < -0.4 is 4.74 Å². The van der Waals surface area contributed by atoms with E-state index in [1.54, 1.807) is 21.0 Å². The highest BCUT2D eigenvalue weighted by atomic mass is 32.2. The van der Waals surface area contributed by atoms with Gasteiger partial charge in [0, 0.05) is 48.8 Å². The second-order valence-corrected chi connectivity index (χ2v) is 11.1. The van der Waals surface area contributed by atoms with E-state index in [9.17, 15) is 39.5 Å². The van der Waals surface area contributed by atoms with Gasteiger partial charge < -0.3 is 24.7 Å². The van der Waals surface area contributed by atoms with Crippen LogP contribution in [0.25, 0.3) is 0 Å². The molecule has 0 bridgehead atoms. The summed E-state index contributed by atoms with van der Waals surface area (Å²) in [5.74, 6) is -3.02. The average Bonchev–Trinajstić information content (AvgIpc) is 3.36. The number of amides is 3. The van der Waals surface area contributed by atoms with Gasteiger partial charge in [0.1, 0.15) is 17.5 Å². The molecule has 2 fully saturated rings. The number of non-ortho nitro benzene ring substituents is 1. The molecular formula is C24H28N4O9S. The third-order valence-electron chi connectivity index (χ3n) is 7.08. The van der Waals surface area contributed by atoms with Crippen molar-refractivity contribution in [3.63, 3.8) is 0 Å². The number of aliphatic carboxylic acids is 1. The van der Waals surface area contributed by atoms with Gasteiger partial charge in [-0.3, -0.25) is 24.6 Å². The molecule has 14 heteroatoms. The monoisotopic (exact) mass is 548 g/mol. The summed E-state index contributed by atoms with van der Waals surface area (Å²) in [5.41, 5.74) is -0.297.